The normalized spacial score (nSPS) is 10.1. The van der Waals surface area contributed by atoms with E-state index in [-0.39, 0.29) is 12.4 Å². The van der Waals surface area contributed by atoms with Crippen LogP contribution >= 0.6 is 11.8 Å². The molecule has 0 saturated carbocycles. The van der Waals surface area contributed by atoms with E-state index in [1.165, 1.54) is 12.1 Å². The van der Waals surface area contributed by atoms with Gasteiger partial charge in [0.2, 0.25) is 0 Å². The summed E-state index contributed by atoms with van der Waals surface area (Å²) in [6, 6.07) is 12.9. The van der Waals surface area contributed by atoms with Crippen molar-refractivity contribution in [2.24, 2.45) is 0 Å². The van der Waals surface area contributed by atoms with E-state index in [0.717, 1.165) is 4.90 Å². The highest BCUT2D eigenvalue weighted by atomic mass is 32.2. The van der Waals surface area contributed by atoms with Gasteiger partial charge in [0, 0.05) is 17.1 Å². The maximum Gasteiger partial charge on any atom is 0.313 e. The van der Waals surface area contributed by atoms with Crippen LogP contribution < -0.4 is 10.6 Å². The zero-order valence-corrected chi connectivity index (χ0v) is 12.7. The fourth-order valence-electron chi connectivity index (χ4n) is 1.75. The first-order valence-electron chi connectivity index (χ1n) is 6.56. The molecule has 0 heterocycles. The third-order valence-electron chi connectivity index (χ3n) is 2.90. The summed E-state index contributed by atoms with van der Waals surface area (Å²) in [5.41, 5.74) is 1.28. The maximum absolute atomic E-state index is 12.8. The number of nitrogens with one attached hydrogen (secondary N) is 2. The van der Waals surface area contributed by atoms with Crippen molar-refractivity contribution in [3.63, 3.8) is 0 Å². The third kappa shape index (κ3) is 4.60. The summed E-state index contributed by atoms with van der Waals surface area (Å²) in [5, 5.41) is 5.03. The van der Waals surface area contributed by atoms with Gasteiger partial charge >= 0.3 is 11.8 Å². The molecule has 0 bridgehead atoms. The molecule has 0 aliphatic heterocycles. The number of carbonyl (C=O) groups is 2. The van der Waals surface area contributed by atoms with Crippen molar-refractivity contribution in [1.82, 2.24) is 5.32 Å². The number of halogens is 1. The average molecular weight is 318 g/mol. The Morgan fingerprint density at radius 2 is 1.82 bits per heavy atom. The molecule has 0 aliphatic carbocycles. The van der Waals surface area contributed by atoms with Gasteiger partial charge in [-0.2, -0.15) is 0 Å². The van der Waals surface area contributed by atoms with Crippen molar-refractivity contribution in [3.05, 3.63) is 59.9 Å². The lowest BCUT2D eigenvalue weighted by molar-refractivity contribution is -0.136. The highest BCUT2D eigenvalue weighted by molar-refractivity contribution is 7.98. The summed E-state index contributed by atoms with van der Waals surface area (Å²) < 4.78 is 12.8. The van der Waals surface area contributed by atoms with E-state index < -0.39 is 11.8 Å². The minimum absolute atomic E-state index is 0.164. The number of carbonyl (C=O) groups excluding carboxylic acids is 2. The molecule has 2 N–H and O–H groups in total. The average Bonchev–Trinajstić information content (AvgIpc) is 2.54. The zero-order chi connectivity index (χ0) is 15.9. The number of amides is 2. The Balaban J connectivity index is 1.89. The molecule has 2 aromatic carbocycles. The van der Waals surface area contributed by atoms with Gasteiger partial charge in [0.05, 0.1) is 0 Å². The highest BCUT2D eigenvalue weighted by Gasteiger charge is 2.13. The quantitative estimate of drug-likeness (QED) is 0.673. The van der Waals surface area contributed by atoms with Crippen LogP contribution in [0.5, 0.6) is 0 Å². The van der Waals surface area contributed by atoms with Gasteiger partial charge in [-0.25, -0.2) is 4.39 Å². The SMILES string of the molecule is CSc1cccc(NC(=O)C(=O)NCc2ccc(F)cc2)c1. The van der Waals surface area contributed by atoms with Gasteiger partial charge < -0.3 is 10.6 Å². The van der Waals surface area contributed by atoms with Gasteiger partial charge in [-0.3, -0.25) is 9.59 Å². The minimum atomic E-state index is -0.737. The third-order valence-corrected chi connectivity index (χ3v) is 3.63. The Labute approximate surface area is 132 Å². The van der Waals surface area contributed by atoms with Crippen molar-refractivity contribution in [1.29, 1.82) is 0 Å². The zero-order valence-electron chi connectivity index (χ0n) is 11.9. The number of benzene rings is 2. The van der Waals surface area contributed by atoms with Gasteiger partial charge in [-0.15, -0.1) is 11.8 Å². The van der Waals surface area contributed by atoms with Gasteiger partial charge in [-0.1, -0.05) is 18.2 Å². The Hall–Kier alpha value is -2.34. The smallest absolute Gasteiger partial charge is 0.313 e. The summed E-state index contributed by atoms with van der Waals surface area (Å²) in [6.07, 6.45) is 1.93. The van der Waals surface area contributed by atoms with E-state index in [4.69, 9.17) is 0 Å². The molecule has 2 aromatic rings. The number of thioether (sulfide) groups is 1. The molecule has 0 saturated heterocycles. The molecular weight excluding hydrogens is 303 g/mol. The Kier molecular flexibility index (Phi) is 5.55. The van der Waals surface area contributed by atoms with E-state index in [0.29, 0.717) is 11.3 Å². The number of rotatable bonds is 4. The molecule has 0 aliphatic rings. The first kappa shape index (κ1) is 16.0. The molecule has 4 nitrogen and oxygen atoms in total. The molecule has 6 heteroatoms. The van der Waals surface area contributed by atoms with E-state index in [9.17, 15) is 14.0 Å². The molecule has 0 unspecified atom stereocenters. The van der Waals surface area contributed by atoms with Crippen LogP contribution in [-0.4, -0.2) is 18.1 Å². The van der Waals surface area contributed by atoms with Crippen LogP contribution in [0, 0.1) is 5.82 Å². The summed E-state index contributed by atoms with van der Waals surface area (Å²) in [5.74, 6) is -1.82. The Bertz CT molecular complexity index is 674. The van der Waals surface area contributed by atoms with E-state index in [2.05, 4.69) is 10.6 Å². The second kappa shape index (κ2) is 7.61. The van der Waals surface area contributed by atoms with Gasteiger partial charge in [-0.05, 0) is 42.2 Å². The van der Waals surface area contributed by atoms with Gasteiger partial charge in [0.15, 0.2) is 0 Å². The van der Waals surface area contributed by atoms with E-state index in [1.807, 2.05) is 12.3 Å². The van der Waals surface area contributed by atoms with Crippen LogP contribution in [0.4, 0.5) is 10.1 Å². The lowest BCUT2D eigenvalue weighted by atomic mass is 10.2. The number of anilines is 1. The molecule has 0 aromatic heterocycles. The molecule has 0 fully saturated rings. The molecule has 0 radical (unpaired) electrons. The number of hydrogen-bond donors (Lipinski definition) is 2. The van der Waals surface area contributed by atoms with Crippen molar-refractivity contribution in [3.8, 4) is 0 Å². The topological polar surface area (TPSA) is 58.2 Å². The monoisotopic (exact) mass is 318 g/mol. The lowest BCUT2D eigenvalue weighted by Crippen LogP contribution is -2.34. The molecule has 22 heavy (non-hydrogen) atoms. The summed E-state index contributed by atoms with van der Waals surface area (Å²) >= 11 is 1.54. The van der Waals surface area contributed by atoms with Crippen LogP contribution in [0.25, 0.3) is 0 Å². The maximum atomic E-state index is 12.8. The Morgan fingerprint density at radius 1 is 1.09 bits per heavy atom. The fourth-order valence-corrected chi connectivity index (χ4v) is 2.21. The summed E-state index contributed by atoms with van der Waals surface area (Å²) in [7, 11) is 0. The lowest BCUT2D eigenvalue weighted by Gasteiger charge is -2.07. The highest BCUT2D eigenvalue weighted by Crippen LogP contribution is 2.18. The summed E-state index contributed by atoms with van der Waals surface area (Å²) in [6.45, 7) is 0.164. The van der Waals surface area contributed by atoms with Crippen LogP contribution in [0.2, 0.25) is 0 Å². The first-order valence-corrected chi connectivity index (χ1v) is 7.78. The van der Waals surface area contributed by atoms with Crippen LogP contribution in [0.1, 0.15) is 5.56 Å². The molecule has 114 valence electrons. The fraction of sp³-hybridized carbons (Fsp3) is 0.125. The minimum Gasteiger partial charge on any atom is -0.344 e. The van der Waals surface area contributed by atoms with Crippen molar-refractivity contribution < 1.29 is 14.0 Å². The predicted octanol–water partition coefficient (Wildman–Crippen LogP) is 2.80. The first-order chi connectivity index (χ1) is 10.6. The van der Waals surface area contributed by atoms with Crippen LogP contribution in [0.15, 0.2) is 53.4 Å². The van der Waals surface area contributed by atoms with E-state index in [1.54, 1.807) is 42.1 Å². The second-order valence-electron chi connectivity index (χ2n) is 4.50. The summed E-state index contributed by atoms with van der Waals surface area (Å²) in [4.78, 5) is 24.5. The predicted molar refractivity (Wildman–Crippen MR) is 85.1 cm³/mol. The van der Waals surface area contributed by atoms with Gasteiger partial charge in [0.25, 0.3) is 0 Å². The van der Waals surface area contributed by atoms with Crippen molar-refractivity contribution in [2.45, 2.75) is 11.4 Å². The van der Waals surface area contributed by atoms with Crippen molar-refractivity contribution in [2.75, 3.05) is 11.6 Å². The molecule has 0 atom stereocenters. The number of hydrogen-bond acceptors (Lipinski definition) is 3. The second-order valence-corrected chi connectivity index (χ2v) is 5.37. The Morgan fingerprint density at radius 3 is 2.50 bits per heavy atom. The molecule has 0 spiro atoms. The van der Waals surface area contributed by atoms with Crippen molar-refractivity contribution >= 4 is 29.3 Å². The van der Waals surface area contributed by atoms with Gasteiger partial charge in [0.1, 0.15) is 5.82 Å². The van der Waals surface area contributed by atoms with Crippen LogP contribution in [0.3, 0.4) is 0 Å². The molecule has 2 rings (SSSR count). The standard InChI is InChI=1S/C16H15FN2O2S/c1-22-14-4-2-3-13(9-14)19-16(21)15(20)18-10-11-5-7-12(17)8-6-11/h2-9H,10H2,1H3,(H,18,20)(H,19,21). The molecular formula is C16H15FN2O2S. The van der Waals surface area contributed by atoms with E-state index >= 15 is 0 Å². The molecule has 2 amide bonds. The largest absolute Gasteiger partial charge is 0.344 e. The van der Waals surface area contributed by atoms with Crippen LogP contribution in [-0.2, 0) is 16.1 Å².